The maximum absolute atomic E-state index is 13.4. The number of aliphatic hydroxyl groups is 1. The van der Waals surface area contributed by atoms with Gasteiger partial charge in [0.2, 0.25) is 0 Å². The van der Waals surface area contributed by atoms with E-state index in [1.807, 2.05) is 12.1 Å². The Labute approximate surface area is 136 Å². The van der Waals surface area contributed by atoms with Gasteiger partial charge in [-0.1, -0.05) is 25.5 Å². The summed E-state index contributed by atoms with van der Waals surface area (Å²) in [6.07, 6.45) is 4.13. The minimum Gasteiger partial charge on any atom is -0.392 e. The van der Waals surface area contributed by atoms with Crippen LogP contribution in [0.5, 0.6) is 0 Å². The van der Waals surface area contributed by atoms with E-state index in [0.29, 0.717) is 19.1 Å². The number of hydrogen-bond donors (Lipinski definition) is 1. The van der Waals surface area contributed by atoms with E-state index in [2.05, 4.69) is 6.92 Å². The van der Waals surface area contributed by atoms with Gasteiger partial charge in [-0.15, -0.1) is 0 Å². The Bertz CT molecular complexity index is 566. The Kier molecular flexibility index (Phi) is 3.74. The Morgan fingerprint density at radius 3 is 2.48 bits per heavy atom. The van der Waals surface area contributed by atoms with Crippen LogP contribution in [0.4, 0.5) is 4.39 Å². The lowest BCUT2D eigenvalue weighted by molar-refractivity contribution is -0.246. The third-order valence-corrected chi connectivity index (χ3v) is 6.59. The van der Waals surface area contributed by atoms with E-state index in [1.165, 1.54) is 12.1 Å². The molecule has 4 heteroatoms. The fraction of sp³-hybridized carbons (Fsp3) is 0.684. The van der Waals surface area contributed by atoms with E-state index in [-0.39, 0.29) is 23.3 Å². The summed E-state index contributed by atoms with van der Waals surface area (Å²) in [6.45, 7) is 3.51. The smallest absolute Gasteiger partial charge is 0.171 e. The molecule has 4 atom stereocenters. The monoisotopic (exact) mass is 320 g/mol. The summed E-state index contributed by atoms with van der Waals surface area (Å²) >= 11 is 0. The van der Waals surface area contributed by atoms with Crippen molar-refractivity contribution < 1.29 is 19.0 Å². The second-order valence-corrected chi connectivity index (χ2v) is 7.40. The van der Waals surface area contributed by atoms with Gasteiger partial charge in [-0.05, 0) is 42.9 Å². The molecule has 0 bridgehead atoms. The molecule has 23 heavy (non-hydrogen) atoms. The molecular weight excluding hydrogens is 295 g/mol. The van der Waals surface area contributed by atoms with E-state index >= 15 is 0 Å². The number of hydrogen-bond acceptors (Lipinski definition) is 3. The molecule has 1 spiro atoms. The highest BCUT2D eigenvalue weighted by Gasteiger charge is 2.60. The number of aliphatic hydroxyl groups excluding tert-OH is 1. The first kappa shape index (κ1) is 15.6. The first-order valence-electron chi connectivity index (χ1n) is 8.80. The standard InChI is InChI=1S/C19H25FO3/c1-13-16-3-2-4-17(21)18(16,14-5-7-15(20)8-6-14)9-10-19(13)22-11-12-23-19/h5-8,13,16-17,21H,2-4,9-12H2,1H3/t13-,16-,17-,18+/m0/s1. The van der Waals surface area contributed by atoms with Crippen LogP contribution in [0.1, 0.15) is 44.6 Å². The van der Waals surface area contributed by atoms with Crippen molar-refractivity contribution in [2.24, 2.45) is 11.8 Å². The Hall–Kier alpha value is -0.970. The van der Waals surface area contributed by atoms with Gasteiger partial charge in [0.05, 0.1) is 19.3 Å². The van der Waals surface area contributed by atoms with Crippen LogP contribution in [0.2, 0.25) is 0 Å². The Morgan fingerprint density at radius 1 is 1.09 bits per heavy atom. The highest BCUT2D eigenvalue weighted by Crippen LogP contribution is 2.58. The fourth-order valence-electron chi connectivity index (χ4n) is 5.45. The van der Waals surface area contributed by atoms with Crippen LogP contribution in [0.25, 0.3) is 0 Å². The fourth-order valence-corrected chi connectivity index (χ4v) is 5.45. The van der Waals surface area contributed by atoms with Gasteiger partial charge in [-0.25, -0.2) is 4.39 Å². The van der Waals surface area contributed by atoms with Gasteiger partial charge in [0.1, 0.15) is 5.82 Å². The number of benzene rings is 1. The lowest BCUT2D eigenvalue weighted by atomic mass is 9.51. The van der Waals surface area contributed by atoms with Crippen LogP contribution in [-0.2, 0) is 14.9 Å². The normalized spacial score (nSPS) is 39.3. The number of rotatable bonds is 1. The maximum atomic E-state index is 13.4. The molecule has 1 saturated heterocycles. The van der Waals surface area contributed by atoms with Crippen molar-refractivity contribution in [2.45, 2.75) is 56.3 Å². The zero-order valence-corrected chi connectivity index (χ0v) is 13.6. The van der Waals surface area contributed by atoms with Crippen LogP contribution >= 0.6 is 0 Å². The highest BCUT2D eigenvalue weighted by atomic mass is 19.1. The molecule has 1 aliphatic heterocycles. The summed E-state index contributed by atoms with van der Waals surface area (Å²) < 4.78 is 25.4. The zero-order chi connectivity index (χ0) is 16.1. The van der Waals surface area contributed by atoms with Gasteiger partial charge in [-0.2, -0.15) is 0 Å². The topological polar surface area (TPSA) is 38.7 Å². The second-order valence-electron chi connectivity index (χ2n) is 7.40. The molecule has 1 aromatic rings. The van der Waals surface area contributed by atoms with Gasteiger partial charge < -0.3 is 14.6 Å². The van der Waals surface area contributed by atoms with Crippen LogP contribution < -0.4 is 0 Å². The average Bonchev–Trinajstić information content (AvgIpc) is 3.03. The van der Waals surface area contributed by atoms with E-state index < -0.39 is 5.79 Å². The summed E-state index contributed by atoms with van der Waals surface area (Å²) in [5, 5.41) is 11.0. The van der Waals surface area contributed by atoms with Crippen molar-refractivity contribution >= 4 is 0 Å². The Morgan fingerprint density at radius 2 is 1.78 bits per heavy atom. The minimum atomic E-state index is -0.481. The van der Waals surface area contributed by atoms with Gasteiger partial charge in [0.25, 0.3) is 0 Å². The van der Waals surface area contributed by atoms with Crippen molar-refractivity contribution in [3.05, 3.63) is 35.6 Å². The van der Waals surface area contributed by atoms with Crippen molar-refractivity contribution in [1.82, 2.24) is 0 Å². The first-order valence-corrected chi connectivity index (χ1v) is 8.80. The van der Waals surface area contributed by atoms with Gasteiger partial charge >= 0.3 is 0 Å². The van der Waals surface area contributed by atoms with E-state index in [4.69, 9.17) is 9.47 Å². The summed E-state index contributed by atoms with van der Waals surface area (Å²) in [4.78, 5) is 0. The zero-order valence-electron chi connectivity index (χ0n) is 13.6. The maximum Gasteiger partial charge on any atom is 0.171 e. The van der Waals surface area contributed by atoms with Crippen molar-refractivity contribution in [3.63, 3.8) is 0 Å². The summed E-state index contributed by atoms with van der Waals surface area (Å²) in [7, 11) is 0. The largest absolute Gasteiger partial charge is 0.392 e. The molecule has 0 unspecified atom stereocenters. The minimum absolute atomic E-state index is 0.221. The number of halogens is 1. The molecule has 1 aromatic carbocycles. The molecule has 1 heterocycles. The molecule has 3 nitrogen and oxygen atoms in total. The third-order valence-electron chi connectivity index (χ3n) is 6.59. The number of fused-ring (bicyclic) bond motifs is 1. The summed E-state index contributed by atoms with van der Waals surface area (Å²) in [6, 6.07) is 6.75. The van der Waals surface area contributed by atoms with E-state index in [1.54, 1.807) is 0 Å². The molecule has 2 aliphatic carbocycles. The van der Waals surface area contributed by atoms with Crippen LogP contribution in [0, 0.1) is 17.7 Å². The van der Waals surface area contributed by atoms with Gasteiger partial charge in [0.15, 0.2) is 5.79 Å². The molecule has 126 valence electrons. The summed E-state index contributed by atoms with van der Waals surface area (Å²) in [5.41, 5.74) is 0.766. The predicted octanol–water partition coefficient (Wildman–Crippen LogP) is 3.40. The average molecular weight is 320 g/mol. The van der Waals surface area contributed by atoms with Crippen LogP contribution in [0.3, 0.4) is 0 Å². The molecule has 3 aliphatic rings. The van der Waals surface area contributed by atoms with Crippen LogP contribution in [-0.4, -0.2) is 30.2 Å². The predicted molar refractivity (Wildman–Crippen MR) is 84.5 cm³/mol. The third kappa shape index (κ3) is 2.19. The molecule has 0 radical (unpaired) electrons. The quantitative estimate of drug-likeness (QED) is 0.862. The van der Waals surface area contributed by atoms with Gasteiger partial charge in [0, 0.05) is 17.8 Å². The highest BCUT2D eigenvalue weighted by molar-refractivity contribution is 5.32. The SMILES string of the molecule is C[C@H]1[C@@H]2CCC[C@H](O)[C@@]2(c2ccc(F)cc2)CCC12OCCO2. The van der Waals surface area contributed by atoms with Crippen molar-refractivity contribution in [1.29, 1.82) is 0 Å². The lowest BCUT2D eigenvalue weighted by Crippen LogP contribution is -2.60. The van der Waals surface area contributed by atoms with E-state index in [9.17, 15) is 9.50 Å². The molecule has 1 N–H and O–H groups in total. The molecule has 0 aromatic heterocycles. The Balaban J connectivity index is 1.76. The number of ether oxygens (including phenoxy) is 2. The lowest BCUT2D eigenvalue weighted by Gasteiger charge is -2.57. The molecule has 4 rings (SSSR count). The molecular formula is C19H25FO3. The second kappa shape index (κ2) is 5.54. The van der Waals surface area contributed by atoms with Crippen molar-refractivity contribution in [2.75, 3.05) is 13.2 Å². The summed E-state index contributed by atoms with van der Waals surface area (Å²) in [5.74, 6) is -0.192. The molecule has 2 saturated carbocycles. The van der Waals surface area contributed by atoms with E-state index in [0.717, 1.165) is 37.7 Å². The van der Waals surface area contributed by atoms with Crippen LogP contribution in [0.15, 0.2) is 24.3 Å². The van der Waals surface area contributed by atoms with Gasteiger partial charge in [-0.3, -0.25) is 0 Å². The molecule has 3 fully saturated rings. The van der Waals surface area contributed by atoms with Crippen molar-refractivity contribution in [3.8, 4) is 0 Å². The molecule has 0 amide bonds. The first-order chi connectivity index (χ1) is 11.1.